The fraction of sp³-hybridized carbons (Fsp3) is 0.462. The van der Waals surface area contributed by atoms with E-state index in [9.17, 15) is 13.2 Å². The van der Waals surface area contributed by atoms with Crippen molar-refractivity contribution in [3.8, 4) is 5.75 Å². The highest BCUT2D eigenvalue weighted by Gasteiger charge is 2.43. The van der Waals surface area contributed by atoms with E-state index in [1.165, 1.54) is 19.1 Å². The molecule has 0 aliphatic rings. The molecule has 0 heterocycles. The Morgan fingerprint density at radius 3 is 2.57 bits per heavy atom. The molecule has 0 spiro atoms. The average Bonchev–Trinajstić information content (AvgIpc) is 2.43. The summed E-state index contributed by atoms with van der Waals surface area (Å²) in [7, 11) is 3.02. The van der Waals surface area contributed by atoms with Crippen molar-refractivity contribution < 1.29 is 23.1 Å². The SMILES string of the molecule is COc1ccccc1CN(C)CC(/C(N)=N/O)C(F)(F)F. The number of hydrogen-bond donors (Lipinski definition) is 2. The van der Waals surface area contributed by atoms with Crippen LogP contribution < -0.4 is 10.5 Å². The number of nitrogens with zero attached hydrogens (tertiary/aromatic N) is 2. The van der Waals surface area contributed by atoms with Crippen molar-refractivity contribution >= 4 is 5.84 Å². The standard InChI is InChI=1S/C13H18F3N3O2/c1-19(7-9-5-3-4-6-11(9)21-2)8-10(12(17)18-20)13(14,15)16/h3-6,10,20H,7-8H2,1-2H3,(H2,17,18). The van der Waals surface area contributed by atoms with Crippen molar-refractivity contribution in [1.82, 2.24) is 4.90 Å². The summed E-state index contributed by atoms with van der Waals surface area (Å²) in [5.74, 6) is -2.28. The largest absolute Gasteiger partial charge is 0.496 e. The van der Waals surface area contributed by atoms with Gasteiger partial charge in [-0.15, -0.1) is 0 Å². The summed E-state index contributed by atoms with van der Waals surface area (Å²) in [6.07, 6.45) is -4.58. The Balaban J connectivity index is 2.81. The number of para-hydroxylation sites is 1. The molecule has 0 amide bonds. The van der Waals surface area contributed by atoms with Gasteiger partial charge in [0, 0.05) is 18.7 Å². The normalized spacial score (nSPS) is 14.3. The van der Waals surface area contributed by atoms with E-state index < -0.39 is 24.5 Å². The Labute approximate surface area is 120 Å². The average molecular weight is 305 g/mol. The predicted molar refractivity (Wildman–Crippen MR) is 72.3 cm³/mol. The topological polar surface area (TPSA) is 71.1 Å². The summed E-state index contributed by atoms with van der Waals surface area (Å²) in [5, 5.41) is 10.9. The summed E-state index contributed by atoms with van der Waals surface area (Å²) in [4.78, 5) is 1.44. The summed E-state index contributed by atoms with van der Waals surface area (Å²) >= 11 is 0. The zero-order chi connectivity index (χ0) is 16.0. The second-order valence-electron chi connectivity index (χ2n) is 4.63. The van der Waals surface area contributed by atoms with Crippen LogP contribution in [0.1, 0.15) is 5.56 Å². The van der Waals surface area contributed by atoms with Crippen molar-refractivity contribution in [2.24, 2.45) is 16.8 Å². The highest BCUT2D eigenvalue weighted by Crippen LogP contribution is 2.28. The number of ether oxygens (including phenoxy) is 1. The van der Waals surface area contributed by atoms with Crippen molar-refractivity contribution in [1.29, 1.82) is 0 Å². The summed E-state index contributed by atoms with van der Waals surface area (Å²) in [6, 6.07) is 7.04. The number of rotatable bonds is 6. The van der Waals surface area contributed by atoms with E-state index >= 15 is 0 Å². The van der Waals surface area contributed by atoms with Crippen LogP contribution in [0.2, 0.25) is 0 Å². The van der Waals surface area contributed by atoms with Crippen LogP contribution in [-0.2, 0) is 6.54 Å². The second kappa shape index (κ2) is 7.16. The summed E-state index contributed by atoms with van der Waals surface area (Å²) in [5.41, 5.74) is 5.88. The second-order valence-corrected chi connectivity index (χ2v) is 4.63. The number of methoxy groups -OCH3 is 1. The molecular formula is C13H18F3N3O2. The Morgan fingerprint density at radius 1 is 1.43 bits per heavy atom. The quantitative estimate of drug-likeness (QED) is 0.365. The van der Waals surface area contributed by atoms with Gasteiger partial charge in [-0.25, -0.2) is 0 Å². The smallest absolute Gasteiger partial charge is 0.400 e. The van der Waals surface area contributed by atoms with Crippen molar-refractivity contribution in [3.05, 3.63) is 29.8 Å². The molecule has 0 aromatic heterocycles. The monoisotopic (exact) mass is 305 g/mol. The highest BCUT2D eigenvalue weighted by atomic mass is 19.4. The van der Waals surface area contributed by atoms with Gasteiger partial charge in [0.15, 0.2) is 5.84 Å². The van der Waals surface area contributed by atoms with Gasteiger partial charge in [-0.1, -0.05) is 23.4 Å². The van der Waals surface area contributed by atoms with Gasteiger partial charge in [-0.05, 0) is 13.1 Å². The van der Waals surface area contributed by atoms with Crippen molar-refractivity contribution in [2.75, 3.05) is 20.7 Å². The highest BCUT2D eigenvalue weighted by molar-refractivity contribution is 5.83. The van der Waals surface area contributed by atoms with Gasteiger partial charge in [0.1, 0.15) is 11.7 Å². The molecule has 21 heavy (non-hydrogen) atoms. The van der Waals surface area contributed by atoms with Crippen LogP contribution in [0, 0.1) is 5.92 Å². The molecule has 0 bridgehead atoms. The minimum Gasteiger partial charge on any atom is -0.496 e. The first-order chi connectivity index (χ1) is 9.79. The summed E-state index contributed by atoms with van der Waals surface area (Å²) < 4.78 is 43.8. The molecule has 3 N–H and O–H groups in total. The molecule has 1 rings (SSSR count). The first-order valence-electron chi connectivity index (χ1n) is 6.14. The molecule has 0 aliphatic heterocycles. The van der Waals surface area contributed by atoms with Crippen molar-refractivity contribution in [3.63, 3.8) is 0 Å². The third-order valence-corrected chi connectivity index (χ3v) is 2.99. The van der Waals surface area contributed by atoms with Gasteiger partial charge >= 0.3 is 6.18 Å². The molecule has 1 unspecified atom stereocenters. The molecule has 0 saturated carbocycles. The molecule has 1 aromatic carbocycles. The van der Waals surface area contributed by atoms with Crippen LogP contribution in [0.4, 0.5) is 13.2 Å². The molecular weight excluding hydrogens is 287 g/mol. The fourth-order valence-electron chi connectivity index (χ4n) is 1.94. The maximum Gasteiger partial charge on any atom is 0.400 e. The van der Waals surface area contributed by atoms with E-state index in [4.69, 9.17) is 15.7 Å². The molecule has 118 valence electrons. The predicted octanol–water partition coefficient (Wildman–Crippen LogP) is 2.05. The summed E-state index contributed by atoms with van der Waals surface area (Å²) in [6.45, 7) is -0.174. The van der Waals surface area contributed by atoms with Gasteiger partial charge in [-0.2, -0.15) is 13.2 Å². The van der Waals surface area contributed by atoms with E-state index in [2.05, 4.69) is 5.16 Å². The van der Waals surface area contributed by atoms with Gasteiger partial charge in [0.25, 0.3) is 0 Å². The van der Waals surface area contributed by atoms with Gasteiger partial charge < -0.3 is 20.6 Å². The van der Waals surface area contributed by atoms with Crippen LogP contribution in [0.25, 0.3) is 0 Å². The van der Waals surface area contributed by atoms with Gasteiger partial charge in [-0.3, -0.25) is 0 Å². The van der Waals surface area contributed by atoms with Crippen LogP contribution in [-0.4, -0.2) is 42.8 Å². The number of nitrogens with two attached hydrogens (primary N) is 1. The number of hydrogen-bond acceptors (Lipinski definition) is 4. The maximum atomic E-state index is 12.9. The van der Waals surface area contributed by atoms with Crippen LogP contribution >= 0.6 is 0 Å². The zero-order valence-electron chi connectivity index (χ0n) is 11.8. The lowest BCUT2D eigenvalue weighted by Gasteiger charge is -2.25. The Morgan fingerprint density at radius 2 is 2.05 bits per heavy atom. The molecule has 1 atom stereocenters. The third-order valence-electron chi connectivity index (χ3n) is 2.99. The van der Waals surface area contributed by atoms with E-state index in [-0.39, 0.29) is 6.54 Å². The Kier molecular flexibility index (Phi) is 5.83. The minimum absolute atomic E-state index is 0.245. The molecule has 0 radical (unpaired) electrons. The molecule has 0 aliphatic carbocycles. The van der Waals surface area contributed by atoms with Crippen molar-refractivity contribution in [2.45, 2.75) is 12.7 Å². The van der Waals surface area contributed by atoms with Crippen LogP contribution in [0.3, 0.4) is 0 Å². The minimum atomic E-state index is -4.58. The molecule has 0 fully saturated rings. The number of oxime groups is 1. The molecule has 1 aromatic rings. The number of benzene rings is 1. The van der Waals surface area contributed by atoms with Crippen LogP contribution in [0.5, 0.6) is 5.75 Å². The van der Waals surface area contributed by atoms with E-state index in [0.29, 0.717) is 5.75 Å². The lowest BCUT2D eigenvalue weighted by atomic mass is 10.1. The van der Waals surface area contributed by atoms with E-state index in [0.717, 1.165) is 5.56 Å². The number of halogens is 3. The lowest BCUT2D eigenvalue weighted by molar-refractivity contribution is -0.159. The van der Waals surface area contributed by atoms with Crippen LogP contribution in [0.15, 0.2) is 29.4 Å². The van der Waals surface area contributed by atoms with Gasteiger partial charge in [0.2, 0.25) is 0 Å². The van der Waals surface area contributed by atoms with E-state index in [1.54, 1.807) is 24.3 Å². The molecule has 5 nitrogen and oxygen atoms in total. The maximum absolute atomic E-state index is 12.9. The zero-order valence-corrected chi connectivity index (χ0v) is 11.8. The number of amidine groups is 1. The lowest BCUT2D eigenvalue weighted by Crippen LogP contribution is -2.43. The number of alkyl halides is 3. The third kappa shape index (κ3) is 4.82. The molecule has 8 heteroatoms. The van der Waals surface area contributed by atoms with E-state index in [1.807, 2.05) is 0 Å². The molecule has 0 saturated heterocycles. The Hall–Kier alpha value is -1.96. The first-order valence-corrected chi connectivity index (χ1v) is 6.14. The van der Waals surface area contributed by atoms with Gasteiger partial charge in [0.05, 0.1) is 7.11 Å². The Bertz CT molecular complexity index is 492. The first kappa shape index (κ1) is 17.1. The fourth-order valence-corrected chi connectivity index (χ4v) is 1.94.